The number of aryl methyl sites for hydroxylation is 1. The number of pyridine rings is 1. The maximum absolute atomic E-state index is 7.50. The molecule has 0 saturated heterocycles. The Balaban J connectivity index is 2.44. The predicted octanol–water partition coefficient (Wildman–Crippen LogP) is 2.82. The van der Waals surface area contributed by atoms with Gasteiger partial charge in [-0.1, -0.05) is 5.59 Å². The van der Waals surface area contributed by atoms with Crippen molar-refractivity contribution >= 4 is 31.5 Å². The molecule has 0 atom stereocenters. The number of hydrazine groups is 1. The highest BCUT2D eigenvalue weighted by molar-refractivity contribution is 7.85. The van der Waals surface area contributed by atoms with Crippen LogP contribution in [0.1, 0.15) is 18.4 Å². The molecule has 4 N–H and O–H groups in total. The highest BCUT2D eigenvalue weighted by Crippen LogP contribution is 2.38. The van der Waals surface area contributed by atoms with E-state index in [9.17, 15) is 0 Å². The monoisotopic (exact) mass is 350 g/mol. The van der Waals surface area contributed by atoms with Crippen LogP contribution in [-0.2, 0) is 4.84 Å². The minimum atomic E-state index is 0.355. The molecule has 8 heteroatoms. The predicted molar refractivity (Wildman–Crippen MR) is 96.1 cm³/mol. The SMILES string of the molecule is Cc1cncc(O/C(S)=C2\C(S)=C(C=N)CC\C2=C/ONN)c1. The van der Waals surface area contributed by atoms with E-state index in [2.05, 4.69) is 35.8 Å². The summed E-state index contributed by atoms with van der Waals surface area (Å²) >= 11 is 8.98. The topological polar surface area (TPSA) is 93.2 Å². The van der Waals surface area contributed by atoms with Crippen LogP contribution >= 0.6 is 25.3 Å². The molecule has 1 aliphatic rings. The summed E-state index contributed by atoms with van der Waals surface area (Å²) in [6, 6.07) is 1.85. The van der Waals surface area contributed by atoms with Crippen LogP contribution in [0.25, 0.3) is 0 Å². The van der Waals surface area contributed by atoms with E-state index >= 15 is 0 Å². The number of nitrogens with one attached hydrogen (secondary N) is 2. The number of rotatable bonds is 5. The molecule has 1 aliphatic carbocycles. The number of aromatic nitrogens is 1. The Bertz CT molecular complexity index is 698. The van der Waals surface area contributed by atoms with Crippen molar-refractivity contribution in [2.75, 3.05) is 0 Å². The number of hydrogen-bond acceptors (Lipinski definition) is 8. The minimum Gasteiger partial charge on any atom is -0.448 e. The Labute approximate surface area is 145 Å². The first-order valence-corrected chi connectivity index (χ1v) is 7.72. The van der Waals surface area contributed by atoms with Gasteiger partial charge in [-0.25, -0.2) is 5.84 Å². The second-order valence-corrected chi connectivity index (χ2v) is 5.73. The third-order valence-electron chi connectivity index (χ3n) is 3.25. The second kappa shape index (κ2) is 8.21. The highest BCUT2D eigenvalue weighted by atomic mass is 32.1. The zero-order chi connectivity index (χ0) is 16.8. The van der Waals surface area contributed by atoms with E-state index < -0.39 is 0 Å². The molecule has 1 aromatic heterocycles. The molecule has 0 bridgehead atoms. The van der Waals surface area contributed by atoms with Crippen LogP contribution in [0.3, 0.4) is 0 Å². The van der Waals surface area contributed by atoms with Crippen LogP contribution in [0.2, 0.25) is 0 Å². The van der Waals surface area contributed by atoms with Crippen molar-refractivity contribution in [2.45, 2.75) is 19.8 Å². The van der Waals surface area contributed by atoms with Crippen molar-refractivity contribution < 1.29 is 9.57 Å². The van der Waals surface area contributed by atoms with Crippen LogP contribution in [0.15, 0.2) is 51.4 Å². The molecule has 0 radical (unpaired) electrons. The zero-order valence-electron chi connectivity index (χ0n) is 12.5. The fourth-order valence-electron chi connectivity index (χ4n) is 2.17. The Morgan fingerprint density at radius 1 is 1.43 bits per heavy atom. The van der Waals surface area contributed by atoms with Crippen molar-refractivity contribution in [3.8, 4) is 5.75 Å². The molecular formula is C15H18N4O2S2. The first-order chi connectivity index (χ1) is 11.1. The first kappa shape index (κ1) is 17.6. The van der Waals surface area contributed by atoms with E-state index in [1.54, 1.807) is 12.4 Å². The van der Waals surface area contributed by atoms with E-state index in [-0.39, 0.29) is 0 Å². The number of thiol groups is 2. The van der Waals surface area contributed by atoms with E-state index in [1.807, 2.05) is 13.0 Å². The highest BCUT2D eigenvalue weighted by Gasteiger charge is 2.23. The molecule has 2 rings (SSSR count). The van der Waals surface area contributed by atoms with Gasteiger partial charge < -0.3 is 15.0 Å². The second-order valence-electron chi connectivity index (χ2n) is 4.88. The van der Waals surface area contributed by atoms with Gasteiger partial charge in [0.2, 0.25) is 0 Å². The van der Waals surface area contributed by atoms with Gasteiger partial charge in [-0.15, -0.1) is 25.3 Å². The average Bonchev–Trinajstić information content (AvgIpc) is 2.52. The van der Waals surface area contributed by atoms with Gasteiger partial charge in [0.15, 0.2) is 5.09 Å². The molecule has 0 aromatic carbocycles. The molecule has 0 unspecified atom stereocenters. The molecule has 6 nitrogen and oxygen atoms in total. The largest absolute Gasteiger partial charge is 0.448 e. The lowest BCUT2D eigenvalue weighted by Gasteiger charge is -2.22. The molecule has 1 aromatic rings. The minimum absolute atomic E-state index is 0.355. The lowest BCUT2D eigenvalue weighted by Crippen LogP contribution is -2.20. The number of nitrogens with two attached hydrogens (primary N) is 1. The molecule has 23 heavy (non-hydrogen) atoms. The Morgan fingerprint density at radius 2 is 2.22 bits per heavy atom. The van der Waals surface area contributed by atoms with Gasteiger partial charge in [-0.3, -0.25) is 4.98 Å². The van der Waals surface area contributed by atoms with Crippen molar-refractivity contribution in [1.82, 2.24) is 10.6 Å². The van der Waals surface area contributed by atoms with E-state index in [4.69, 9.17) is 20.8 Å². The fraction of sp³-hybridized carbons (Fsp3) is 0.200. The maximum Gasteiger partial charge on any atom is 0.166 e. The van der Waals surface area contributed by atoms with Gasteiger partial charge in [-0.2, -0.15) is 0 Å². The normalized spacial score (nSPS) is 18.9. The molecular weight excluding hydrogens is 332 g/mol. The molecule has 1 heterocycles. The van der Waals surface area contributed by atoms with Gasteiger partial charge >= 0.3 is 0 Å². The summed E-state index contributed by atoms with van der Waals surface area (Å²) in [6.45, 7) is 1.93. The lowest BCUT2D eigenvalue weighted by atomic mass is 9.92. The smallest absolute Gasteiger partial charge is 0.166 e. The average molecular weight is 350 g/mol. The van der Waals surface area contributed by atoms with Crippen LogP contribution in [0.4, 0.5) is 0 Å². The third kappa shape index (κ3) is 4.38. The van der Waals surface area contributed by atoms with Gasteiger partial charge in [0.05, 0.1) is 6.20 Å². The van der Waals surface area contributed by atoms with Gasteiger partial charge in [0, 0.05) is 28.5 Å². The van der Waals surface area contributed by atoms with Crippen molar-refractivity contribution in [1.29, 1.82) is 5.41 Å². The molecule has 0 aliphatic heterocycles. The lowest BCUT2D eigenvalue weighted by molar-refractivity contribution is 0.134. The quantitative estimate of drug-likeness (QED) is 0.185. The molecule has 0 saturated carbocycles. The van der Waals surface area contributed by atoms with Gasteiger partial charge in [0.1, 0.15) is 12.0 Å². The van der Waals surface area contributed by atoms with E-state index in [0.717, 1.165) is 16.7 Å². The van der Waals surface area contributed by atoms with Crippen LogP contribution in [0, 0.1) is 12.3 Å². The van der Waals surface area contributed by atoms with Crippen LogP contribution in [0.5, 0.6) is 5.75 Å². The molecule has 0 spiro atoms. The zero-order valence-corrected chi connectivity index (χ0v) is 14.3. The summed E-state index contributed by atoms with van der Waals surface area (Å²) in [7, 11) is 0. The Hall–Kier alpha value is -1.74. The summed E-state index contributed by atoms with van der Waals surface area (Å²) in [6.07, 6.45) is 7.45. The van der Waals surface area contributed by atoms with Gasteiger partial charge in [0.25, 0.3) is 0 Å². The third-order valence-corrected chi connectivity index (χ3v) is 4.07. The summed E-state index contributed by atoms with van der Waals surface area (Å²) in [5.41, 5.74) is 5.38. The fourth-order valence-corrected chi connectivity index (χ4v) is 3.04. The first-order valence-electron chi connectivity index (χ1n) is 6.83. The van der Waals surface area contributed by atoms with Crippen molar-refractivity contribution in [2.24, 2.45) is 5.84 Å². The van der Waals surface area contributed by atoms with Gasteiger partial charge in [-0.05, 0) is 37.0 Å². The maximum atomic E-state index is 7.50. The van der Waals surface area contributed by atoms with E-state index in [0.29, 0.717) is 34.2 Å². The Morgan fingerprint density at radius 3 is 2.87 bits per heavy atom. The summed E-state index contributed by atoms with van der Waals surface area (Å²) < 4.78 is 5.78. The molecule has 0 amide bonds. The number of ether oxygens (including phenoxy) is 1. The van der Waals surface area contributed by atoms with Crippen LogP contribution in [-0.4, -0.2) is 11.2 Å². The van der Waals surface area contributed by atoms with Crippen LogP contribution < -0.4 is 16.2 Å². The number of nitrogens with zero attached hydrogens (tertiary/aromatic N) is 1. The van der Waals surface area contributed by atoms with Crippen molar-refractivity contribution in [3.63, 3.8) is 0 Å². The molecule has 0 fully saturated rings. The van der Waals surface area contributed by atoms with Crippen molar-refractivity contribution in [3.05, 3.63) is 57.0 Å². The number of hydrogen-bond donors (Lipinski definition) is 5. The van der Waals surface area contributed by atoms with E-state index in [1.165, 1.54) is 12.5 Å². The standard InChI is InChI=1S/C15H18N4O2S2/c1-9-4-12(7-18-6-9)21-15(23)13-11(8-20-19-17)3-2-10(5-16)14(13)22/h4-8,16,19,22-23H,2-3,17H2,1H3/b11-8+,15-13+,16-5?. The molecule has 122 valence electrons. The number of allylic oxidation sites excluding steroid dienone is 3. The summed E-state index contributed by atoms with van der Waals surface area (Å²) in [4.78, 5) is 9.67. The summed E-state index contributed by atoms with van der Waals surface area (Å²) in [5, 5.41) is 7.85. The summed E-state index contributed by atoms with van der Waals surface area (Å²) in [5.74, 6) is 5.71. The Kier molecular flexibility index (Phi) is 6.28.